The SMILES string of the molecule is CCOC(=O)c1cccc(NC(=O)c2ccc(C)cc2)c1C. The van der Waals surface area contributed by atoms with Gasteiger partial charge < -0.3 is 10.1 Å². The Morgan fingerprint density at radius 2 is 1.73 bits per heavy atom. The first-order valence-corrected chi connectivity index (χ1v) is 7.17. The van der Waals surface area contributed by atoms with Gasteiger partial charge in [0.15, 0.2) is 0 Å². The van der Waals surface area contributed by atoms with Crippen LogP contribution in [0, 0.1) is 13.8 Å². The number of ether oxygens (including phenoxy) is 1. The monoisotopic (exact) mass is 297 g/mol. The molecule has 0 saturated carbocycles. The van der Waals surface area contributed by atoms with Crippen molar-refractivity contribution in [2.75, 3.05) is 11.9 Å². The molecule has 0 aliphatic rings. The number of carbonyl (C=O) groups excluding carboxylic acids is 2. The normalized spacial score (nSPS) is 10.1. The van der Waals surface area contributed by atoms with Crippen LogP contribution in [0.3, 0.4) is 0 Å². The molecule has 0 atom stereocenters. The molecule has 0 fully saturated rings. The van der Waals surface area contributed by atoms with Crippen molar-refractivity contribution in [3.63, 3.8) is 0 Å². The molecule has 0 aliphatic heterocycles. The highest BCUT2D eigenvalue weighted by Crippen LogP contribution is 2.20. The molecule has 1 amide bonds. The summed E-state index contributed by atoms with van der Waals surface area (Å²) in [6, 6.07) is 12.5. The summed E-state index contributed by atoms with van der Waals surface area (Å²) in [5, 5.41) is 2.84. The fraction of sp³-hybridized carbons (Fsp3) is 0.222. The fourth-order valence-corrected chi connectivity index (χ4v) is 2.10. The van der Waals surface area contributed by atoms with Gasteiger partial charge in [0.2, 0.25) is 0 Å². The first-order valence-electron chi connectivity index (χ1n) is 7.17. The highest BCUT2D eigenvalue weighted by atomic mass is 16.5. The van der Waals surface area contributed by atoms with E-state index in [0.717, 1.165) is 5.56 Å². The van der Waals surface area contributed by atoms with Crippen molar-refractivity contribution >= 4 is 17.6 Å². The third-order valence-electron chi connectivity index (χ3n) is 3.39. The van der Waals surface area contributed by atoms with E-state index in [9.17, 15) is 9.59 Å². The van der Waals surface area contributed by atoms with E-state index >= 15 is 0 Å². The van der Waals surface area contributed by atoms with Gasteiger partial charge in [0, 0.05) is 11.3 Å². The van der Waals surface area contributed by atoms with Gasteiger partial charge in [0.1, 0.15) is 0 Å². The maximum atomic E-state index is 12.3. The van der Waals surface area contributed by atoms with Crippen molar-refractivity contribution in [3.05, 3.63) is 64.7 Å². The number of rotatable bonds is 4. The van der Waals surface area contributed by atoms with Crippen molar-refractivity contribution in [1.82, 2.24) is 0 Å². The average molecular weight is 297 g/mol. The van der Waals surface area contributed by atoms with Crippen LogP contribution in [0.25, 0.3) is 0 Å². The molecule has 22 heavy (non-hydrogen) atoms. The lowest BCUT2D eigenvalue weighted by molar-refractivity contribution is 0.0525. The third-order valence-corrected chi connectivity index (χ3v) is 3.39. The minimum atomic E-state index is -0.383. The lowest BCUT2D eigenvalue weighted by atomic mass is 10.1. The Morgan fingerprint density at radius 1 is 1.05 bits per heavy atom. The molecule has 1 N–H and O–H groups in total. The van der Waals surface area contributed by atoms with E-state index in [2.05, 4.69) is 5.32 Å². The Balaban J connectivity index is 2.22. The molecular formula is C18H19NO3. The summed E-state index contributed by atoms with van der Waals surface area (Å²) in [4.78, 5) is 24.1. The first kappa shape index (κ1) is 15.8. The van der Waals surface area contributed by atoms with E-state index in [1.165, 1.54) is 0 Å². The van der Waals surface area contributed by atoms with Crippen molar-refractivity contribution in [1.29, 1.82) is 0 Å². The van der Waals surface area contributed by atoms with Gasteiger partial charge in [-0.1, -0.05) is 23.8 Å². The number of carbonyl (C=O) groups is 2. The second-order valence-corrected chi connectivity index (χ2v) is 5.02. The topological polar surface area (TPSA) is 55.4 Å². The summed E-state index contributed by atoms with van der Waals surface area (Å²) >= 11 is 0. The molecule has 0 aliphatic carbocycles. The van der Waals surface area contributed by atoms with Crippen molar-refractivity contribution in [2.45, 2.75) is 20.8 Å². The molecule has 2 aromatic rings. The van der Waals surface area contributed by atoms with Crippen LogP contribution >= 0.6 is 0 Å². The lowest BCUT2D eigenvalue weighted by Gasteiger charge is -2.12. The Hall–Kier alpha value is -2.62. The number of aryl methyl sites for hydroxylation is 1. The molecule has 0 bridgehead atoms. The first-order chi connectivity index (χ1) is 10.5. The zero-order chi connectivity index (χ0) is 16.1. The highest BCUT2D eigenvalue weighted by Gasteiger charge is 2.14. The molecule has 0 radical (unpaired) electrons. The molecule has 2 aromatic carbocycles. The van der Waals surface area contributed by atoms with Crippen molar-refractivity contribution in [2.24, 2.45) is 0 Å². The quantitative estimate of drug-likeness (QED) is 0.875. The Kier molecular flexibility index (Phi) is 4.94. The average Bonchev–Trinajstić information content (AvgIpc) is 2.50. The van der Waals surface area contributed by atoms with Crippen LogP contribution in [0.1, 0.15) is 38.8 Å². The van der Waals surface area contributed by atoms with E-state index in [-0.39, 0.29) is 11.9 Å². The molecule has 0 saturated heterocycles. The number of hydrogen-bond acceptors (Lipinski definition) is 3. The molecule has 2 rings (SSSR count). The Morgan fingerprint density at radius 3 is 2.36 bits per heavy atom. The predicted octanol–water partition coefficient (Wildman–Crippen LogP) is 3.73. The van der Waals surface area contributed by atoms with E-state index < -0.39 is 0 Å². The zero-order valence-corrected chi connectivity index (χ0v) is 13.0. The lowest BCUT2D eigenvalue weighted by Crippen LogP contribution is -2.14. The van der Waals surface area contributed by atoms with Gasteiger partial charge in [0.05, 0.1) is 12.2 Å². The van der Waals surface area contributed by atoms with Crippen LogP contribution in [-0.2, 0) is 4.74 Å². The molecule has 0 unspecified atom stereocenters. The number of esters is 1. The molecule has 4 heteroatoms. The van der Waals surface area contributed by atoms with Gasteiger partial charge in [-0.25, -0.2) is 4.79 Å². The smallest absolute Gasteiger partial charge is 0.338 e. The van der Waals surface area contributed by atoms with Gasteiger partial charge >= 0.3 is 5.97 Å². The summed E-state index contributed by atoms with van der Waals surface area (Å²) < 4.78 is 5.01. The summed E-state index contributed by atoms with van der Waals surface area (Å²) in [5.41, 5.74) is 3.43. The van der Waals surface area contributed by atoms with Crippen LogP contribution in [0.4, 0.5) is 5.69 Å². The third kappa shape index (κ3) is 3.52. The van der Waals surface area contributed by atoms with Crippen molar-refractivity contribution in [3.8, 4) is 0 Å². The largest absolute Gasteiger partial charge is 0.462 e. The van der Waals surface area contributed by atoms with E-state index in [1.54, 1.807) is 44.2 Å². The second kappa shape index (κ2) is 6.89. The maximum Gasteiger partial charge on any atom is 0.338 e. The standard InChI is InChI=1S/C18H19NO3/c1-4-22-18(21)15-6-5-7-16(13(15)3)19-17(20)14-10-8-12(2)9-11-14/h5-11H,4H2,1-3H3,(H,19,20). The summed E-state index contributed by atoms with van der Waals surface area (Å²) in [6.45, 7) is 5.83. The number of amides is 1. The molecule has 0 aromatic heterocycles. The Bertz CT molecular complexity index is 690. The zero-order valence-electron chi connectivity index (χ0n) is 13.0. The summed E-state index contributed by atoms with van der Waals surface area (Å²) in [7, 11) is 0. The predicted molar refractivity (Wildman–Crippen MR) is 86.3 cm³/mol. The Labute approximate surface area is 130 Å². The van der Waals surface area contributed by atoms with Gasteiger partial charge in [-0.2, -0.15) is 0 Å². The van der Waals surface area contributed by atoms with Gasteiger partial charge in [-0.05, 0) is 50.6 Å². The van der Waals surface area contributed by atoms with E-state index in [4.69, 9.17) is 4.74 Å². The molecular weight excluding hydrogens is 278 g/mol. The summed E-state index contributed by atoms with van der Waals surface area (Å²) in [5.74, 6) is -0.587. The van der Waals surface area contributed by atoms with Gasteiger partial charge in [-0.3, -0.25) is 4.79 Å². The minimum absolute atomic E-state index is 0.205. The fourth-order valence-electron chi connectivity index (χ4n) is 2.10. The summed E-state index contributed by atoms with van der Waals surface area (Å²) in [6.07, 6.45) is 0. The minimum Gasteiger partial charge on any atom is -0.462 e. The maximum absolute atomic E-state index is 12.3. The molecule has 4 nitrogen and oxygen atoms in total. The van der Waals surface area contributed by atoms with Gasteiger partial charge in [-0.15, -0.1) is 0 Å². The number of anilines is 1. The van der Waals surface area contributed by atoms with Crippen LogP contribution in [0.15, 0.2) is 42.5 Å². The molecule has 0 spiro atoms. The van der Waals surface area contributed by atoms with Crippen LogP contribution in [0.2, 0.25) is 0 Å². The van der Waals surface area contributed by atoms with Crippen LogP contribution in [0.5, 0.6) is 0 Å². The van der Waals surface area contributed by atoms with E-state index in [0.29, 0.717) is 29.0 Å². The number of nitrogens with one attached hydrogen (secondary N) is 1. The highest BCUT2D eigenvalue weighted by molar-refractivity contribution is 6.05. The van der Waals surface area contributed by atoms with Crippen LogP contribution in [-0.4, -0.2) is 18.5 Å². The van der Waals surface area contributed by atoms with E-state index in [1.807, 2.05) is 19.1 Å². The molecule has 114 valence electrons. The number of benzene rings is 2. The van der Waals surface area contributed by atoms with Crippen LogP contribution < -0.4 is 5.32 Å². The second-order valence-electron chi connectivity index (χ2n) is 5.02. The van der Waals surface area contributed by atoms with Crippen molar-refractivity contribution < 1.29 is 14.3 Å². The molecule has 0 heterocycles. The van der Waals surface area contributed by atoms with Gasteiger partial charge in [0.25, 0.3) is 5.91 Å². The number of hydrogen-bond donors (Lipinski definition) is 1.